The van der Waals surface area contributed by atoms with Crippen molar-refractivity contribution < 1.29 is 9.26 Å². The smallest absolute Gasteiger partial charge is 0.244 e. The Labute approximate surface area is 145 Å². The van der Waals surface area contributed by atoms with Crippen LogP contribution in [0.2, 0.25) is 0 Å². The van der Waals surface area contributed by atoms with Crippen LogP contribution in [-0.2, 0) is 11.3 Å². The van der Waals surface area contributed by atoms with Crippen LogP contribution < -0.4 is 0 Å². The highest BCUT2D eigenvalue weighted by Crippen LogP contribution is 2.24. The normalized spacial score (nSPS) is 19.8. The molecule has 0 radical (unpaired) electrons. The first-order chi connectivity index (χ1) is 12.3. The zero-order valence-electron chi connectivity index (χ0n) is 14.0. The minimum atomic E-state index is 0.0344. The second-order valence-corrected chi connectivity index (χ2v) is 6.10. The SMILES string of the molecule is C[C@@H](c1nc(-c2ccccc2)no1)N1CCO[C@H](Cn2cncn2)C1. The Kier molecular flexibility index (Phi) is 4.53. The summed E-state index contributed by atoms with van der Waals surface area (Å²) in [4.78, 5) is 10.8. The molecule has 1 aromatic carbocycles. The van der Waals surface area contributed by atoms with E-state index >= 15 is 0 Å². The quantitative estimate of drug-likeness (QED) is 0.700. The summed E-state index contributed by atoms with van der Waals surface area (Å²) in [5, 5.41) is 8.26. The number of nitrogens with zero attached hydrogens (tertiary/aromatic N) is 6. The Balaban J connectivity index is 1.43. The molecule has 0 aliphatic carbocycles. The second kappa shape index (κ2) is 7.12. The summed E-state index contributed by atoms with van der Waals surface area (Å²) in [5.74, 6) is 1.25. The Morgan fingerprint density at radius 1 is 1.28 bits per heavy atom. The van der Waals surface area contributed by atoms with Crippen molar-refractivity contribution in [1.29, 1.82) is 0 Å². The zero-order chi connectivity index (χ0) is 17.1. The maximum Gasteiger partial charge on any atom is 0.244 e. The summed E-state index contributed by atoms with van der Waals surface area (Å²) in [7, 11) is 0. The van der Waals surface area contributed by atoms with Gasteiger partial charge in [0.05, 0.1) is 25.3 Å². The fourth-order valence-corrected chi connectivity index (χ4v) is 3.01. The second-order valence-electron chi connectivity index (χ2n) is 6.10. The maximum atomic E-state index is 5.85. The molecule has 2 aromatic heterocycles. The van der Waals surface area contributed by atoms with Gasteiger partial charge in [-0.15, -0.1) is 0 Å². The van der Waals surface area contributed by atoms with Crippen LogP contribution in [-0.4, -0.2) is 55.6 Å². The van der Waals surface area contributed by atoms with Crippen molar-refractivity contribution in [2.75, 3.05) is 19.7 Å². The van der Waals surface area contributed by atoms with Gasteiger partial charge in [-0.1, -0.05) is 35.5 Å². The maximum absolute atomic E-state index is 5.85. The molecule has 3 aromatic rings. The molecule has 130 valence electrons. The lowest BCUT2D eigenvalue weighted by atomic mass is 10.2. The van der Waals surface area contributed by atoms with E-state index in [4.69, 9.17) is 9.26 Å². The molecule has 0 spiro atoms. The van der Waals surface area contributed by atoms with E-state index in [1.807, 2.05) is 30.3 Å². The molecule has 0 unspecified atom stereocenters. The molecule has 8 heteroatoms. The van der Waals surface area contributed by atoms with E-state index in [9.17, 15) is 0 Å². The van der Waals surface area contributed by atoms with Crippen LogP contribution in [0.5, 0.6) is 0 Å². The topological polar surface area (TPSA) is 82.1 Å². The van der Waals surface area contributed by atoms with Crippen LogP contribution in [0.25, 0.3) is 11.4 Å². The molecule has 8 nitrogen and oxygen atoms in total. The third kappa shape index (κ3) is 3.59. The first-order valence-corrected chi connectivity index (χ1v) is 8.36. The molecule has 1 aliphatic heterocycles. The lowest BCUT2D eigenvalue weighted by Crippen LogP contribution is -2.45. The lowest BCUT2D eigenvalue weighted by molar-refractivity contribution is -0.0532. The Bertz CT molecular complexity index is 789. The summed E-state index contributed by atoms with van der Waals surface area (Å²) in [6.07, 6.45) is 3.30. The van der Waals surface area contributed by atoms with Crippen molar-refractivity contribution in [2.45, 2.75) is 25.6 Å². The third-order valence-corrected chi connectivity index (χ3v) is 4.41. The van der Waals surface area contributed by atoms with Crippen LogP contribution >= 0.6 is 0 Å². The fourth-order valence-electron chi connectivity index (χ4n) is 3.01. The Hall–Kier alpha value is -2.58. The molecule has 25 heavy (non-hydrogen) atoms. The van der Waals surface area contributed by atoms with Crippen molar-refractivity contribution >= 4 is 0 Å². The van der Waals surface area contributed by atoms with Gasteiger partial charge in [0.15, 0.2) is 0 Å². The molecule has 0 N–H and O–H groups in total. The standard InChI is InChI=1S/C17H20N6O2/c1-13(17-20-16(21-25-17)14-5-3-2-4-6-14)22-7-8-24-15(9-22)10-23-12-18-11-19-23/h2-6,11-13,15H,7-10H2,1H3/t13-,15-/m0/s1. The van der Waals surface area contributed by atoms with Gasteiger partial charge in [-0.05, 0) is 6.92 Å². The monoisotopic (exact) mass is 340 g/mol. The first-order valence-electron chi connectivity index (χ1n) is 8.36. The van der Waals surface area contributed by atoms with E-state index in [1.54, 1.807) is 11.0 Å². The molecule has 0 amide bonds. The summed E-state index contributed by atoms with van der Waals surface area (Å²) in [5.41, 5.74) is 0.954. The predicted molar refractivity (Wildman–Crippen MR) is 89.5 cm³/mol. The van der Waals surface area contributed by atoms with Crippen molar-refractivity contribution in [1.82, 2.24) is 29.8 Å². The molecule has 0 saturated carbocycles. The number of rotatable bonds is 5. The minimum absolute atomic E-state index is 0.0344. The van der Waals surface area contributed by atoms with E-state index < -0.39 is 0 Å². The number of ether oxygens (including phenoxy) is 1. The largest absolute Gasteiger partial charge is 0.374 e. The molecule has 3 heterocycles. The van der Waals surface area contributed by atoms with Crippen molar-refractivity contribution in [3.05, 3.63) is 48.9 Å². The zero-order valence-corrected chi connectivity index (χ0v) is 14.0. The highest BCUT2D eigenvalue weighted by Gasteiger charge is 2.28. The summed E-state index contributed by atoms with van der Waals surface area (Å²) in [6, 6.07) is 9.88. The number of morpholine rings is 1. The number of hydrogen-bond donors (Lipinski definition) is 0. The van der Waals surface area contributed by atoms with Gasteiger partial charge < -0.3 is 9.26 Å². The van der Waals surface area contributed by atoms with Crippen LogP contribution in [0.3, 0.4) is 0 Å². The van der Waals surface area contributed by atoms with E-state index in [0.29, 0.717) is 24.9 Å². The minimum Gasteiger partial charge on any atom is -0.374 e. The van der Waals surface area contributed by atoms with Crippen molar-refractivity contribution in [2.24, 2.45) is 0 Å². The average molecular weight is 340 g/mol. The van der Waals surface area contributed by atoms with Gasteiger partial charge in [-0.3, -0.25) is 9.58 Å². The molecule has 2 atom stereocenters. The molecular formula is C17H20N6O2. The van der Waals surface area contributed by atoms with Crippen LogP contribution in [0.15, 0.2) is 47.5 Å². The van der Waals surface area contributed by atoms with Crippen molar-refractivity contribution in [3.8, 4) is 11.4 Å². The van der Waals surface area contributed by atoms with E-state index in [-0.39, 0.29) is 12.1 Å². The van der Waals surface area contributed by atoms with Crippen molar-refractivity contribution in [3.63, 3.8) is 0 Å². The van der Waals surface area contributed by atoms with Crippen LogP contribution in [0.4, 0.5) is 0 Å². The van der Waals surface area contributed by atoms with Gasteiger partial charge in [0.1, 0.15) is 12.7 Å². The van der Waals surface area contributed by atoms with Gasteiger partial charge in [0, 0.05) is 18.7 Å². The average Bonchev–Trinajstić information content (AvgIpc) is 3.34. The Morgan fingerprint density at radius 2 is 2.16 bits per heavy atom. The lowest BCUT2D eigenvalue weighted by Gasteiger charge is -2.35. The predicted octanol–water partition coefficient (Wildman–Crippen LogP) is 1.79. The summed E-state index contributed by atoms with van der Waals surface area (Å²) >= 11 is 0. The van der Waals surface area contributed by atoms with E-state index in [0.717, 1.165) is 18.7 Å². The highest BCUT2D eigenvalue weighted by molar-refractivity contribution is 5.53. The fraction of sp³-hybridized carbons (Fsp3) is 0.412. The molecule has 1 aliphatic rings. The van der Waals surface area contributed by atoms with Gasteiger partial charge in [-0.2, -0.15) is 10.1 Å². The van der Waals surface area contributed by atoms with Crippen LogP contribution in [0, 0.1) is 0 Å². The van der Waals surface area contributed by atoms with Gasteiger partial charge in [0.2, 0.25) is 11.7 Å². The van der Waals surface area contributed by atoms with Crippen LogP contribution in [0.1, 0.15) is 18.9 Å². The molecule has 4 rings (SSSR count). The number of aromatic nitrogens is 5. The summed E-state index contributed by atoms with van der Waals surface area (Å²) in [6.45, 7) is 5.05. The molecular weight excluding hydrogens is 320 g/mol. The number of benzene rings is 1. The third-order valence-electron chi connectivity index (χ3n) is 4.41. The van der Waals surface area contributed by atoms with Gasteiger partial charge in [-0.25, -0.2) is 4.98 Å². The molecule has 0 bridgehead atoms. The van der Waals surface area contributed by atoms with Gasteiger partial charge >= 0.3 is 0 Å². The van der Waals surface area contributed by atoms with E-state index in [2.05, 4.69) is 32.0 Å². The summed E-state index contributed by atoms with van der Waals surface area (Å²) < 4.78 is 13.1. The first kappa shape index (κ1) is 15.9. The number of hydrogen-bond acceptors (Lipinski definition) is 7. The molecule has 1 fully saturated rings. The van der Waals surface area contributed by atoms with Gasteiger partial charge in [0.25, 0.3) is 0 Å². The Morgan fingerprint density at radius 3 is 2.96 bits per heavy atom. The highest BCUT2D eigenvalue weighted by atomic mass is 16.5. The molecule has 1 saturated heterocycles. The van der Waals surface area contributed by atoms with E-state index in [1.165, 1.54) is 6.33 Å².